The summed E-state index contributed by atoms with van der Waals surface area (Å²) in [6, 6.07) is 12.9. The standard InChI is InChI=1S/C22H20N4O6S/c27-20(23-16-3-7-17(8-4-16)24-9-11-32-12-10-24)14-25-21(28)19(33-22(25)29)13-15-1-5-18(6-2-15)26(30)31/h1-8,13H,9-12,14H2,(H,23,27)/b19-13+. The Balaban J connectivity index is 1.36. The first-order valence-corrected chi connectivity index (χ1v) is 10.9. The highest BCUT2D eigenvalue weighted by atomic mass is 32.2. The molecule has 2 aliphatic heterocycles. The molecule has 0 aromatic heterocycles. The van der Waals surface area contributed by atoms with Gasteiger partial charge in [-0.25, -0.2) is 0 Å². The Morgan fingerprint density at radius 3 is 2.39 bits per heavy atom. The predicted molar refractivity (Wildman–Crippen MR) is 124 cm³/mol. The lowest BCUT2D eigenvalue weighted by atomic mass is 10.2. The molecule has 2 aromatic carbocycles. The number of morpholine rings is 1. The number of hydrogen-bond acceptors (Lipinski definition) is 8. The molecule has 4 rings (SSSR count). The molecule has 2 heterocycles. The highest BCUT2D eigenvalue weighted by molar-refractivity contribution is 8.18. The SMILES string of the molecule is O=C(CN1C(=O)S/C(=C/c2ccc([N+](=O)[O-])cc2)C1=O)Nc1ccc(N2CCOCC2)cc1. The highest BCUT2D eigenvalue weighted by Gasteiger charge is 2.36. The first kappa shape index (κ1) is 22.5. The number of thioether (sulfide) groups is 1. The van der Waals surface area contributed by atoms with E-state index >= 15 is 0 Å². The molecule has 2 saturated heterocycles. The van der Waals surface area contributed by atoms with E-state index in [-0.39, 0.29) is 10.6 Å². The topological polar surface area (TPSA) is 122 Å². The highest BCUT2D eigenvalue weighted by Crippen LogP contribution is 2.32. The number of non-ortho nitro benzene ring substituents is 1. The Bertz CT molecular complexity index is 1110. The third-order valence-corrected chi connectivity index (χ3v) is 6.01. The summed E-state index contributed by atoms with van der Waals surface area (Å²) >= 11 is 0.722. The maximum Gasteiger partial charge on any atom is 0.294 e. The van der Waals surface area contributed by atoms with Crippen molar-refractivity contribution in [3.05, 3.63) is 69.1 Å². The third kappa shape index (κ3) is 5.38. The summed E-state index contributed by atoms with van der Waals surface area (Å²) in [5, 5.41) is 12.9. The molecule has 3 amide bonds. The van der Waals surface area contributed by atoms with Crippen molar-refractivity contribution >= 4 is 52.0 Å². The van der Waals surface area contributed by atoms with Crippen LogP contribution in [0.1, 0.15) is 5.56 Å². The molecule has 2 fully saturated rings. The van der Waals surface area contributed by atoms with Crippen LogP contribution in [0.2, 0.25) is 0 Å². The second-order valence-corrected chi connectivity index (χ2v) is 8.30. The summed E-state index contributed by atoms with van der Waals surface area (Å²) < 4.78 is 5.34. The molecule has 33 heavy (non-hydrogen) atoms. The number of ether oxygens (including phenoxy) is 1. The number of amides is 3. The van der Waals surface area contributed by atoms with Gasteiger partial charge in [-0.2, -0.15) is 0 Å². The molecule has 0 bridgehead atoms. The molecular formula is C22H20N4O6S. The van der Waals surface area contributed by atoms with Gasteiger partial charge in [0.1, 0.15) is 6.54 Å². The predicted octanol–water partition coefficient (Wildman–Crippen LogP) is 3.11. The smallest absolute Gasteiger partial charge is 0.294 e. The van der Waals surface area contributed by atoms with Crippen LogP contribution in [0.25, 0.3) is 6.08 Å². The van der Waals surface area contributed by atoms with Gasteiger partial charge in [0.25, 0.3) is 16.8 Å². The fourth-order valence-corrected chi connectivity index (χ4v) is 4.24. The van der Waals surface area contributed by atoms with Crippen molar-refractivity contribution in [1.82, 2.24) is 4.90 Å². The Kier molecular flexibility index (Phi) is 6.71. The van der Waals surface area contributed by atoms with Crippen molar-refractivity contribution in [1.29, 1.82) is 0 Å². The minimum Gasteiger partial charge on any atom is -0.378 e. The van der Waals surface area contributed by atoms with Gasteiger partial charge in [0.2, 0.25) is 5.91 Å². The zero-order valence-corrected chi connectivity index (χ0v) is 18.2. The molecule has 170 valence electrons. The summed E-state index contributed by atoms with van der Waals surface area (Å²) in [7, 11) is 0. The summed E-state index contributed by atoms with van der Waals surface area (Å²) in [5.41, 5.74) is 2.05. The Labute approximate surface area is 193 Å². The molecule has 11 heteroatoms. The summed E-state index contributed by atoms with van der Waals surface area (Å²) in [6.07, 6.45) is 1.47. The summed E-state index contributed by atoms with van der Waals surface area (Å²) in [5.74, 6) is -1.07. The lowest BCUT2D eigenvalue weighted by Gasteiger charge is -2.28. The Morgan fingerprint density at radius 2 is 1.76 bits per heavy atom. The maximum atomic E-state index is 12.6. The van der Waals surface area contributed by atoms with Crippen molar-refractivity contribution in [3.63, 3.8) is 0 Å². The van der Waals surface area contributed by atoms with Crippen LogP contribution in [0.4, 0.5) is 21.9 Å². The number of anilines is 2. The fourth-order valence-electron chi connectivity index (χ4n) is 3.40. The van der Waals surface area contributed by atoms with Crippen LogP contribution in [-0.4, -0.2) is 59.7 Å². The van der Waals surface area contributed by atoms with E-state index in [0.29, 0.717) is 24.5 Å². The number of imide groups is 1. The van der Waals surface area contributed by atoms with Crippen molar-refractivity contribution in [2.24, 2.45) is 0 Å². The van der Waals surface area contributed by atoms with E-state index < -0.39 is 28.5 Å². The molecular weight excluding hydrogens is 448 g/mol. The number of benzene rings is 2. The minimum absolute atomic E-state index is 0.0742. The summed E-state index contributed by atoms with van der Waals surface area (Å²) in [6.45, 7) is 2.55. The molecule has 0 unspecified atom stereocenters. The lowest BCUT2D eigenvalue weighted by molar-refractivity contribution is -0.384. The molecule has 10 nitrogen and oxygen atoms in total. The fraction of sp³-hybridized carbons (Fsp3) is 0.227. The lowest BCUT2D eigenvalue weighted by Crippen LogP contribution is -2.36. The zero-order chi connectivity index (χ0) is 23.4. The number of carbonyl (C=O) groups is 3. The van der Waals surface area contributed by atoms with Crippen LogP contribution < -0.4 is 10.2 Å². The number of nitro groups is 1. The van der Waals surface area contributed by atoms with Gasteiger partial charge in [0.15, 0.2) is 0 Å². The van der Waals surface area contributed by atoms with Gasteiger partial charge >= 0.3 is 0 Å². The molecule has 0 aliphatic carbocycles. The molecule has 0 atom stereocenters. The van der Waals surface area contributed by atoms with Gasteiger partial charge in [-0.15, -0.1) is 0 Å². The van der Waals surface area contributed by atoms with Crippen LogP contribution in [0.5, 0.6) is 0 Å². The number of nitro benzene ring substituents is 1. The second-order valence-electron chi connectivity index (χ2n) is 7.31. The van der Waals surface area contributed by atoms with Gasteiger partial charge in [-0.05, 0) is 59.8 Å². The monoisotopic (exact) mass is 468 g/mol. The summed E-state index contributed by atoms with van der Waals surface area (Å²) in [4.78, 5) is 50.8. The molecule has 2 aromatic rings. The molecule has 0 saturated carbocycles. The van der Waals surface area contributed by atoms with E-state index in [1.165, 1.54) is 30.3 Å². The van der Waals surface area contributed by atoms with Crippen molar-refractivity contribution in [2.45, 2.75) is 0 Å². The second kappa shape index (κ2) is 9.84. The van der Waals surface area contributed by atoms with Gasteiger partial charge in [0, 0.05) is 36.6 Å². The number of carbonyl (C=O) groups excluding carboxylic acids is 3. The average Bonchev–Trinajstić information content (AvgIpc) is 3.07. The van der Waals surface area contributed by atoms with E-state index in [2.05, 4.69) is 10.2 Å². The number of rotatable bonds is 6. The quantitative estimate of drug-likeness (QED) is 0.390. The first-order valence-electron chi connectivity index (χ1n) is 10.1. The van der Waals surface area contributed by atoms with Gasteiger partial charge in [-0.3, -0.25) is 29.4 Å². The van der Waals surface area contributed by atoms with E-state index in [1.54, 1.807) is 12.1 Å². The van der Waals surface area contributed by atoms with E-state index in [9.17, 15) is 24.5 Å². The van der Waals surface area contributed by atoms with E-state index in [0.717, 1.165) is 35.4 Å². The third-order valence-electron chi connectivity index (χ3n) is 5.10. The minimum atomic E-state index is -0.582. The molecule has 1 N–H and O–H groups in total. The number of nitrogens with zero attached hydrogens (tertiary/aromatic N) is 3. The van der Waals surface area contributed by atoms with Gasteiger partial charge < -0.3 is 15.0 Å². The first-order chi connectivity index (χ1) is 15.9. The van der Waals surface area contributed by atoms with Gasteiger partial charge in [-0.1, -0.05) is 0 Å². The van der Waals surface area contributed by atoms with Crippen molar-refractivity contribution in [3.8, 4) is 0 Å². The van der Waals surface area contributed by atoms with Crippen LogP contribution >= 0.6 is 11.8 Å². The Hall–Kier alpha value is -3.70. The molecule has 0 spiro atoms. The van der Waals surface area contributed by atoms with Crippen LogP contribution in [0.15, 0.2) is 53.4 Å². The van der Waals surface area contributed by atoms with E-state index in [4.69, 9.17) is 4.74 Å². The number of hydrogen-bond donors (Lipinski definition) is 1. The van der Waals surface area contributed by atoms with E-state index in [1.807, 2.05) is 12.1 Å². The average molecular weight is 468 g/mol. The van der Waals surface area contributed by atoms with Crippen LogP contribution in [0, 0.1) is 10.1 Å². The Morgan fingerprint density at radius 1 is 1.09 bits per heavy atom. The van der Waals surface area contributed by atoms with Crippen LogP contribution in [0.3, 0.4) is 0 Å². The maximum absolute atomic E-state index is 12.6. The molecule has 0 radical (unpaired) electrons. The zero-order valence-electron chi connectivity index (χ0n) is 17.4. The van der Waals surface area contributed by atoms with Crippen molar-refractivity contribution < 1.29 is 24.0 Å². The normalized spacial score (nSPS) is 17.5. The number of nitrogens with one attached hydrogen (secondary N) is 1. The molecule has 2 aliphatic rings. The van der Waals surface area contributed by atoms with Gasteiger partial charge in [0.05, 0.1) is 23.0 Å². The largest absolute Gasteiger partial charge is 0.378 e. The van der Waals surface area contributed by atoms with Crippen molar-refractivity contribution in [2.75, 3.05) is 43.1 Å². The van der Waals surface area contributed by atoms with Crippen LogP contribution in [-0.2, 0) is 14.3 Å².